The zero-order chi connectivity index (χ0) is 12.4. The molecule has 2 heterocycles. The quantitative estimate of drug-likeness (QED) is 0.795. The maximum absolute atomic E-state index is 4.53. The third-order valence-electron chi connectivity index (χ3n) is 3.57. The molecule has 0 amide bonds. The van der Waals surface area contributed by atoms with Crippen LogP contribution >= 0.6 is 15.9 Å². The number of aromatic nitrogens is 2. The van der Waals surface area contributed by atoms with Crippen molar-refractivity contribution in [2.75, 3.05) is 37.6 Å². The van der Waals surface area contributed by atoms with Crippen molar-refractivity contribution >= 4 is 21.7 Å². The molecular formula is C12H21BrN4. The average molecular weight is 301 g/mol. The van der Waals surface area contributed by atoms with Gasteiger partial charge in [0, 0.05) is 44.1 Å². The second-order valence-electron chi connectivity index (χ2n) is 4.57. The van der Waals surface area contributed by atoms with Gasteiger partial charge < -0.3 is 9.80 Å². The van der Waals surface area contributed by atoms with Crippen LogP contribution in [-0.4, -0.2) is 47.4 Å². The summed E-state index contributed by atoms with van der Waals surface area (Å²) in [5.41, 5.74) is 2.47. The number of piperazine rings is 1. The number of aryl methyl sites for hydroxylation is 2. The van der Waals surface area contributed by atoms with Crippen molar-refractivity contribution in [1.82, 2.24) is 14.7 Å². The van der Waals surface area contributed by atoms with Gasteiger partial charge in [0.15, 0.2) is 0 Å². The molecule has 0 radical (unpaired) electrons. The number of hydrogen-bond donors (Lipinski definition) is 0. The van der Waals surface area contributed by atoms with Crippen molar-refractivity contribution in [3.05, 3.63) is 11.3 Å². The second-order valence-corrected chi connectivity index (χ2v) is 5.13. The normalized spacial score (nSPS) is 17.8. The van der Waals surface area contributed by atoms with Crippen LogP contribution in [0.25, 0.3) is 0 Å². The zero-order valence-electron chi connectivity index (χ0n) is 10.9. The molecule has 2 rings (SSSR count). The van der Waals surface area contributed by atoms with Crippen LogP contribution in [0.5, 0.6) is 0 Å². The Balaban J connectivity index is 2.18. The largest absolute Gasteiger partial charge is 0.354 e. The van der Waals surface area contributed by atoms with E-state index in [2.05, 4.69) is 44.7 Å². The molecule has 1 aliphatic rings. The lowest BCUT2D eigenvalue weighted by Crippen LogP contribution is -2.47. The Labute approximate surface area is 112 Å². The Morgan fingerprint density at radius 3 is 2.41 bits per heavy atom. The van der Waals surface area contributed by atoms with Crippen LogP contribution in [0.15, 0.2) is 0 Å². The van der Waals surface area contributed by atoms with Gasteiger partial charge in [-0.1, -0.05) is 22.9 Å². The van der Waals surface area contributed by atoms with Crippen molar-refractivity contribution in [3.8, 4) is 0 Å². The molecule has 96 valence electrons. The summed E-state index contributed by atoms with van der Waals surface area (Å²) in [6.45, 7) is 9.99. The molecule has 1 aromatic rings. The molecule has 4 nitrogen and oxygen atoms in total. The van der Waals surface area contributed by atoms with E-state index in [0.29, 0.717) is 0 Å². The highest BCUT2D eigenvalue weighted by atomic mass is 79.9. The lowest BCUT2D eigenvalue weighted by molar-refractivity contribution is 0.269. The molecule has 1 aliphatic heterocycles. The molecule has 0 bridgehead atoms. The van der Waals surface area contributed by atoms with E-state index in [1.165, 1.54) is 11.4 Å². The fraction of sp³-hybridized carbons (Fsp3) is 0.750. The van der Waals surface area contributed by atoms with Crippen LogP contribution in [-0.2, 0) is 12.4 Å². The summed E-state index contributed by atoms with van der Waals surface area (Å²) in [6, 6.07) is 0. The number of halogens is 1. The fourth-order valence-corrected chi connectivity index (χ4v) is 3.17. The van der Waals surface area contributed by atoms with Crippen LogP contribution in [0, 0.1) is 6.92 Å². The highest BCUT2D eigenvalue weighted by Gasteiger charge is 2.22. The lowest BCUT2D eigenvalue weighted by Gasteiger charge is -2.35. The smallest absolute Gasteiger partial charge is 0.130 e. The molecule has 1 saturated heterocycles. The minimum absolute atomic E-state index is 0.885. The molecule has 0 atom stereocenters. The number of alkyl halides is 1. The van der Waals surface area contributed by atoms with Crippen LogP contribution in [0.4, 0.5) is 5.82 Å². The molecule has 5 heteroatoms. The zero-order valence-corrected chi connectivity index (χ0v) is 12.5. The van der Waals surface area contributed by atoms with E-state index in [0.717, 1.165) is 43.7 Å². The van der Waals surface area contributed by atoms with Crippen LogP contribution in [0.1, 0.15) is 18.2 Å². The highest BCUT2D eigenvalue weighted by Crippen LogP contribution is 2.26. The van der Waals surface area contributed by atoms with E-state index in [1.54, 1.807) is 0 Å². The Bertz CT molecular complexity index is 380. The fourth-order valence-electron chi connectivity index (χ4n) is 2.52. The van der Waals surface area contributed by atoms with Gasteiger partial charge in [-0.3, -0.25) is 4.68 Å². The van der Waals surface area contributed by atoms with Gasteiger partial charge in [-0.25, -0.2) is 0 Å². The van der Waals surface area contributed by atoms with Gasteiger partial charge in [0.05, 0.1) is 5.69 Å². The van der Waals surface area contributed by atoms with E-state index in [-0.39, 0.29) is 0 Å². The average Bonchev–Trinajstić information content (AvgIpc) is 2.63. The summed E-state index contributed by atoms with van der Waals surface area (Å²) in [7, 11) is 2.04. The standard InChI is InChI=1S/C12H21BrN4/c1-4-16-5-7-17(8-6-16)12-11(9-13)10(2)14-15(12)3/h4-9H2,1-3H3. The van der Waals surface area contributed by atoms with Crippen LogP contribution in [0.3, 0.4) is 0 Å². The number of anilines is 1. The first kappa shape index (κ1) is 12.9. The minimum atomic E-state index is 0.885. The summed E-state index contributed by atoms with van der Waals surface area (Å²) in [5, 5.41) is 5.41. The van der Waals surface area contributed by atoms with Crippen molar-refractivity contribution in [2.45, 2.75) is 19.2 Å². The lowest BCUT2D eigenvalue weighted by atomic mass is 10.2. The molecule has 1 fully saturated rings. The third kappa shape index (κ3) is 2.50. The highest BCUT2D eigenvalue weighted by molar-refractivity contribution is 9.08. The van der Waals surface area contributed by atoms with Crippen LogP contribution in [0.2, 0.25) is 0 Å². The first-order valence-corrected chi connectivity index (χ1v) is 7.35. The molecule has 0 unspecified atom stereocenters. The molecule has 1 aromatic heterocycles. The van der Waals surface area contributed by atoms with Gasteiger partial charge in [-0.15, -0.1) is 0 Å². The van der Waals surface area contributed by atoms with Gasteiger partial charge in [0.25, 0.3) is 0 Å². The third-order valence-corrected chi connectivity index (χ3v) is 4.13. The van der Waals surface area contributed by atoms with E-state index >= 15 is 0 Å². The van der Waals surface area contributed by atoms with Crippen molar-refractivity contribution < 1.29 is 0 Å². The van der Waals surface area contributed by atoms with Crippen LogP contribution < -0.4 is 4.90 Å². The predicted molar refractivity (Wildman–Crippen MR) is 74.9 cm³/mol. The van der Waals surface area contributed by atoms with Gasteiger partial charge in [0.1, 0.15) is 5.82 Å². The summed E-state index contributed by atoms with van der Waals surface area (Å²) < 4.78 is 2.02. The van der Waals surface area contributed by atoms with Gasteiger partial charge in [-0.2, -0.15) is 5.10 Å². The monoisotopic (exact) mass is 300 g/mol. The van der Waals surface area contributed by atoms with Gasteiger partial charge in [-0.05, 0) is 13.5 Å². The summed E-state index contributed by atoms with van der Waals surface area (Å²) in [6.07, 6.45) is 0. The molecule has 0 aromatic carbocycles. The Hall–Kier alpha value is -0.550. The summed E-state index contributed by atoms with van der Waals surface area (Å²) in [5.74, 6) is 1.29. The van der Waals surface area contributed by atoms with E-state index in [4.69, 9.17) is 0 Å². The Morgan fingerprint density at radius 2 is 1.88 bits per heavy atom. The van der Waals surface area contributed by atoms with Crippen molar-refractivity contribution in [1.29, 1.82) is 0 Å². The molecule has 0 spiro atoms. The Morgan fingerprint density at radius 1 is 1.24 bits per heavy atom. The molecular weight excluding hydrogens is 280 g/mol. The van der Waals surface area contributed by atoms with Crippen molar-refractivity contribution in [3.63, 3.8) is 0 Å². The first-order chi connectivity index (χ1) is 8.17. The summed E-state index contributed by atoms with van der Waals surface area (Å²) >= 11 is 3.57. The molecule has 0 N–H and O–H groups in total. The van der Waals surface area contributed by atoms with Gasteiger partial charge >= 0.3 is 0 Å². The van der Waals surface area contributed by atoms with E-state index < -0.39 is 0 Å². The minimum Gasteiger partial charge on any atom is -0.354 e. The predicted octanol–water partition coefficient (Wildman–Crippen LogP) is 1.77. The maximum atomic E-state index is 4.53. The maximum Gasteiger partial charge on any atom is 0.130 e. The number of hydrogen-bond acceptors (Lipinski definition) is 3. The van der Waals surface area contributed by atoms with Gasteiger partial charge in [0.2, 0.25) is 0 Å². The topological polar surface area (TPSA) is 24.3 Å². The number of rotatable bonds is 3. The first-order valence-electron chi connectivity index (χ1n) is 6.23. The Kier molecular flexibility index (Phi) is 4.09. The van der Waals surface area contributed by atoms with E-state index in [1.807, 2.05) is 11.7 Å². The molecule has 0 aliphatic carbocycles. The number of likely N-dealkylation sites (N-methyl/N-ethyl adjacent to an activating group) is 1. The second kappa shape index (κ2) is 5.40. The molecule has 0 saturated carbocycles. The van der Waals surface area contributed by atoms with E-state index in [9.17, 15) is 0 Å². The number of nitrogens with zero attached hydrogens (tertiary/aromatic N) is 4. The summed E-state index contributed by atoms with van der Waals surface area (Å²) in [4.78, 5) is 4.95. The molecule has 17 heavy (non-hydrogen) atoms. The SMILES string of the molecule is CCN1CCN(c2c(CBr)c(C)nn2C)CC1. The van der Waals surface area contributed by atoms with Crippen molar-refractivity contribution in [2.24, 2.45) is 7.05 Å².